The third kappa shape index (κ3) is 2.83. The molecule has 0 aromatic heterocycles. The van der Waals surface area contributed by atoms with Crippen molar-refractivity contribution in [3.63, 3.8) is 0 Å². The molecule has 0 saturated heterocycles. The molecule has 5 heteroatoms. The first-order chi connectivity index (χ1) is 14.2. The second-order valence-electron chi connectivity index (χ2n) is 7.80. The van der Waals surface area contributed by atoms with Crippen LogP contribution >= 0.6 is 0 Å². The molecule has 0 spiro atoms. The molecule has 5 nitrogen and oxygen atoms in total. The highest BCUT2D eigenvalue weighted by molar-refractivity contribution is 5.88. The van der Waals surface area contributed by atoms with Crippen LogP contribution in [0, 0.1) is 0 Å². The van der Waals surface area contributed by atoms with Gasteiger partial charge in [-0.25, -0.2) is 0 Å². The Hall–Kier alpha value is -2.82. The van der Waals surface area contributed by atoms with Gasteiger partial charge in [0, 0.05) is 23.4 Å². The second kappa shape index (κ2) is 7.21. The summed E-state index contributed by atoms with van der Waals surface area (Å²) in [7, 11) is 3.44. The average molecular weight is 393 g/mol. The molecule has 1 atom stereocenters. The first kappa shape index (κ1) is 18.2. The van der Waals surface area contributed by atoms with Crippen LogP contribution < -0.4 is 18.9 Å². The van der Waals surface area contributed by atoms with Gasteiger partial charge in [0.15, 0.2) is 23.0 Å². The number of rotatable bonds is 5. The summed E-state index contributed by atoms with van der Waals surface area (Å²) < 4.78 is 22.7. The Bertz CT molecular complexity index is 981. The van der Waals surface area contributed by atoms with Gasteiger partial charge in [0.25, 0.3) is 0 Å². The minimum absolute atomic E-state index is 0.272. The van der Waals surface area contributed by atoms with Crippen molar-refractivity contribution in [2.75, 3.05) is 27.6 Å². The fourth-order valence-electron chi connectivity index (χ4n) is 4.87. The molecule has 5 rings (SSSR count). The van der Waals surface area contributed by atoms with E-state index in [1.165, 1.54) is 40.8 Å². The summed E-state index contributed by atoms with van der Waals surface area (Å²) in [6.07, 6.45) is 6.71. The van der Waals surface area contributed by atoms with E-state index in [0.717, 1.165) is 42.4 Å². The van der Waals surface area contributed by atoms with E-state index in [9.17, 15) is 0 Å². The minimum atomic E-state index is 0.272. The molecule has 0 fully saturated rings. The van der Waals surface area contributed by atoms with Crippen molar-refractivity contribution in [2.24, 2.45) is 0 Å². The third-order valence-corrected chi connectivity index (χ3v) is 6.26. The topological polar surface area (TPSA) is 40.2 Å². The standard InChI is InChI=1S/C24H27NO4/c1-4-5-6-18-23-16(7-8-20(26-2)24(23)27-3)11-19-17-13-22-21(28-14-29-22)12-15(17)9-10-25(18)19/h7-8,11-13,18H,4-6,9-10,14H2,1-3H3/t18-/m1/s1. The van der Waals surface area contributed by atoms with Crippen LogP contribution in [-0.2, 0) is 6.42 Å². The highest BCUT2D eigenvalue weighted by Crippen LogP contribution is 2.51. The van der Waals surface area contributed by atoms with Gasteiger partial charge < -0.3 is 23.8 Å². The molecule has 152 valence electrons. The van der Waals surface area contributed by atoms with Crippen LogP contribution in [-0.4, -0.2) is 32.5 Å². The lowest BCUT2D eigenvalue weighted by Crippen LogP contribution is -2.35. The van der Waals surface area contributed by atoms with Crippen LogP contribution in [0.5, 0.6) is 23.0 Å². The van der Waals surface area contributed by atoms with Crippen molar-refractivity contribution >= 4 is 11.8 Å². The molecule has 3 heterocycles. The summed E-state index contributed by atoms with van der Waals surface area (Å²) in [4.78, 5) is 2.55. The van der Waals surface area contributed by atoms with Crippen molar-refractivity contribution in [1.82, 2.24) is 4.90 Å². The smallest absolute Gasteiger partial charge is 0.231 e. The quantitative estimate of drug-likeness (QED) is 0.712. The average Bonchev–Trinajstić information content (AvgIpc) is 3.21. The molecular weight excluding hydrogens is 366 g/mol. The zero-order valence-electron chi connectivity index (χ0n) is 17.3. The minimum Gasteiger partial charge on any atom is -0.493 e. The molecule has 2 aromatic carbocycles. The predicted octanol–water partition coefficient (Wildman–Crippen LogP) is 5.03. The van der Waals surface area contributed by atoms with Gasteiger partial charge in [-0.05, 0) is 48.2 Å². The van der Waals surface area contributed by atoms with Gasteiger partial charge in [0.2, 0.25) is 6.79 Å². The molecule has 3 aliphatic rings. The molecule has 29 heavy (non-hydrogen) atoms. The zero-order chi connectivity index (χ0) is 20.0. The van der Waals surface area contributed by atoms with Crippen molar-refractivity contribution in [2.45, 2.75) is 38.6 Å². The molecule has 0 unspecified atom stereocenters. The van der Waals surface area contributed by atoms with Crippen molar-refractivity contribution < 1.29 is 18.9 Å². The van der Waals surface area contributed by atoms with E-state index >= 15 is 0 Å². The van der Waals surface area contributed by atoms with E-state index in [-0.39, 0.29) is 6.04 Å². The SMILES string of the molecule is CCCC[C@@H]1c2c(ccc(OC)c2OC)C=C2c3cc4c(cc3CCN21)OCO4. The molecule has 2 aromatic rings. The zero-order valence-corrected chi connectivity index (χ0v) is 17.3. The van der Waals surface area contributed by atoms with Gasteiger partial charge in [0.1, 0.15) is 0 Å². The summed E-state index contributed by atoms with van der Waals surface area (Å²) in [6.45, 7) is 3.53. The fraction of sp³-hybridized carbons (Fsp3) is 0.417. The van der Waals surface area contributed by atoms with Crippen LogP contribution in [0.1, 0.15) is 54.5 Å². The van der Waals surface area contributed by atoms with E-state index in [2.05, 4.69) is 36.1 Å². The molecule has 0 N–H and O–H groups in total. The maximum atomic E-state index is 5.84. The number of methoxy groups -OCH3 is 2. The van der Waals surface area contributed by atoms with Gasteiger partial charge in [-0.15, -0.1) is 0 Å². The third-order valence-electron chi connectivity index (χ3n) is 6.26. The van der Waals surface area contributed by atoms with Gasteiger partial charge in [-0.3, -0.25) is 0 Å². The number of nitrogens with zero attached hydrogens (tertiary/aromatic N) is 1. The maximum Gasteiger partial charge on any atom is 0.231 e. The van der Waals surface area contributed by atoms with E-state index in [1.54, 1.807) is 14.2 Å². The highest BCUT2D eigenvalue weighted by atomic mass is 16.7. The molecule has 0 radical (unpaired) electrons. The number of hydrogen-bond acceptors (Lipinski definition) is 5. The maximum absolute atomic E-state index is 5.84. The molecule has 0 aliphatic carbocycles. The van der Waals surface area contributed by atoms with E-state index in [0.29, 0.717) is 6.79 Å². The predicted molar refractivity (Wildman–Crippen MR) is 113 cm³/mol. The number of fused-ring (bicyclic) bond motifs is 5. The van der Waals surface area contributed by atoms with Crippen LogP contribution in [0.2, 0.25) is 0 Å². The Kier molecular flexibility index (Phi) is 4.53. The van der Waals surface area contributed by atoms with Crippen LogP contribution in [0.3, 0.4) is 0 Å². The number of benzene rings is 2. The van der Waals surface area contributed by atoms with Gasteiger partial charge in [-0.2, -0.15) is 0 Å². The van der Waals surface area contributed by atoms with Crippen molar-refractivity contribution in [1.29, 1.82) is 0 Å². The number of ether oxygens (including phenoxy) is 4. The molecule has 3 aliphatic heterocycles. The highest BCUT2D eigenvalue weighted by Gasteiger charge is 2.36. The van der Waals surface area contributed by atoms with E-state index in [4.69, 9.17) is 18.9 Å². The first-order valence-electron chi connectivity index (χ1n) is 10.4. The van der Waals surface area contributed by atoms with Crippen molar-refractivity contribution in [3.05, 3.63) is 46.5 Å². The van der Waals surface area contributed by atoms with Crippen LogP contribution in [0.4, 0.5) is 0 Å². The molecular formula is C24H27NO4. The van der Waals surface area contributed by atoms with Crippen LogP contribution in [0.15, 0.2) is 24.3 Å². The Morgan fingerprint density at radius 2 is 1.93 bits per heavy atom. The van der Waals surface area contributed by atoms with Gasteiger partial charge in [-0.1, -0.05) is 25.8 Å². The normalized spacial score (nSPS) is 18.5. The fourth-order valence-corrected chi connectivity index (χ4v) is 4.87. The molecule has 0 bridgehead atoms. The largest absolute Gasteiger partial charge is 0.493 e. The van der Waals surface area contributed by atoms with Crippen LogP contribution in [0.25, 0.3) is 11.8 Å². The lowest BCUT2D eigenvalue weighted by molar-refractivity contribution is 0.174. The van der Waals surface area contributed by atoms with E-state index < -0.39 is 0 Å². The Morgan fingerprint density at radius 3 is 2.69 bits per heavy atom. The first-order valence-corrected chi connectivity index (χ1v) is 10.4. The summed E-state index contributed by atoms with van der Waals surface area (Å²) in [6, 6.07) is 8.74. The summed E-state index contributed by atoms with van der Waals surface area (Å²) in [5.41, 5.74) is 6.30. The lowest BCUT2D eigenvalue weighted by atomic mass is 9.84. The monoisotopic (exact) mass is 393 g/mol. The Labute approximate surface area is 171 Å². The summed E-state index contributed by atoms with van der Waals surface area (Å²) in [5.74, 6) is 3.36. The van der Waals surface area contributed by atoms with Gasteiger partial charge >= 0.3 is 0 Å². The molecule has 0 saturated carbocycles. The summed E-state index contributed by atoms with van der Waals surface area (Å²) in [5, 5.41) is 0. The van der Waals surface area contributed by atoms with E-state index in [1.807, 2.05) is 6.07 Å². The second-order valence-corrected chi connectivity index (χ2v) is 7.80. The Balaban J connectivity index is 1.68. The van der Waals surface area contributed by atoms with Gasteiger partial charge in [0.05, 0.1) is 20.3 Å². The van der Waals surface area contributed by atoms with Crippen molar-refractivity contribution in [3.8, 4) is 23.0 Å². The molecule has 0 amide bonds. The number of hydrogen-bond donors (Lipinski definition) is 0. The number of unbranched alkanes of at least 4 members (excludes halogenated alkanes) is 1. The lowest BCUT2D eigenvalue weighted by Gasteiger charge is -2.43. The summed E-state index contributed by atoms with van der Waals surface area (Å²) >= 11 is 0. The Morgan fingerprint density at radius 1 is 1.10 bits per heavy atom.